The molecule has 0 spiro atoms. The molecule has 144 valence electrons. The molecule has 4 nitrogen and oxygen atoms in total. The van der Waals surface area contributed by atoms with Crippen LogP contribution in [0.2, 0.25) is 0 Å². The van der Waals surface area contributed by atoms with Gasteiger partial charge in [-0.3, -0.25) is 4.72 Å². The highest BCUT2D eigenvalue weighted by Crippen LogP contribution is 2.50. The molecule has 0 saturated heterocycles. The SMILES string of the molecule is Cc1ccc(S(=O)(=O)Nc2ccc(C(O)(C(F)(F)F)C(F)(F)F)cc2)s1. The summed E-state index contributed by atoms with van der Waals surface area (Å²) >= 11 is 0.940. The molecule has 0 atom stereocenters. The quantitative estimate of drug-likeness (QED) is 0.732. The van der Waals surface area contributed by atoms with Gasteiger partial charge in [0.2, 0.25) is 0 Å². The van der Waals surface area contributed by atoms with Gasteiger partial charge in [0.05, 0.1) is 0 Å². The summed E-state index contributed by atoms with van der Waals surface area (Å²) in [6, 6.07) is 4.97. The molecule has 0 aliphatic heterocycles. The summed E-state index contributed by atoms with van der Waals surface area (Å²) in [6.45, 7) is 1.66. The Morgan fingerprint density at radius 3 is 1.81 bits per heavy atom. The van der Waals surface area contributed by atoms with Crippen LogP contribution in [0.3, 0.4) is 0 Å². The number of hydrogen-bond donors (Lipinski definition) is 2. The summed E-state index contributed by atoms with van der Waals surface area (Å²) in [6.07, 6.45) is -12.0. The van der Waals surface area contributed by atoms with Crippen molar-refractivity contribution in [2.24, 2.45) is 0 Å². The number of benzene rings is 1. The van der Waals surface area contributed by atoms with Gasteiger partial charge in [0, 0.05) is 16.1 Å². The van der Waals surface area contributed by atoms with Crippen molar-refractivity contribution in [2.75, 3.05) is 4.72 Å². The fourth-order valence-corrected chi connectivity index (χ4v) is 4.37. The first-order valence-corrected chi connectivity index (χ1v) is 9.04. The molecule has 0 radical (unpaired) electrons. The molecule has 0 fully saturated rings. The number of aliphatic hydroxyl groups is 1. The van der Waals surface area contributed by atoms with E-state index in [1.165, 1.54) is 12.1 Å². The average molecular weight is 419 g/mol. The van der Waals surface area contributed by atoms with E-state index in [1.54, 1.807) is 6.92 Å². The Labute approximate surface area is 148 Å². The number of alkyl halides is 6. The highest BCUT2D eigenvalue weighted by molar-refractivity contribution is 7.94. The van der Waals surface area contributed by atoms with Crippen LogP contribution in [0.15, 0.2) is 40.6 Å². The Hall–Kier alpha value is -1.79. The van der Waals surface area contributed by atoms with Crippen LogP contribution in [0.25, 0.3) is 0 Å². The van der Waals surface area contributed by atoms with Gasteiger partial charge in [-0.25, -0.2) is 8.42 Å². The van der Waals surface area contributed by atoms with Crippen LogP contribution in [0.1, 0.15) is 10.4 Å². The van der Waals surface area contributed by atoms with Crippen molar-refractivity contribution in [3.8, 4) is 0 Å². The number of nitrogens with one attached hydrogen (secondary N) is 1. The standard InChI is InChI=1S/C14H11F6NO3S2/c1-8-2-7-11(25-8)26(23,24)21-10-5-3-9(4-6-10)12(22,13(15,16)17)14(18,19)20/h2-7,21-22H,1H3. The van der Waals surface area contributed by atoms with Crippen LogP contribution in [0.5, 0.6) is 0 Å². The molecular weight excluding hydrogens is 408 g/mol. The molecule has 1 heterocycles. The third-order valence-electron chi connectivity index (χ3n) is 3.36. The highest BCUT2D eigenvalue weighted by atomic mass is 32.2. The van der Waals surface area contributed by atoms with Gasteiger partial charge in [0.15, 0.2) is 0 Å². The Kier molecular flexibility index (Phi) is 5.07. The van der Waals surface area contributed by atoms with E-state index in [4.69, 9.17) is 0 Å². The minimum Gasteiger partial charge on any atom is -0.369 e. The average Bonchev–Trinajstić information content (AvgIpc) is 2.92. The maximum atomic E-state index is 12.8. The van der Waals surface area contributed by atoms with Gasteiger partial charge >= 0.3 is 12.4 Å². The van der Waals surface area contributed by atoms with Crippen LogP contribution >= 0.6 is 11.3 Å². The summed E-state index contributed by atoms with van der Waals surface area (Å²) in [5.74, 6) is 0. The lowest BCUT2D eigenvalue weighted by atomic mass is 9.92. The van der Waals surface area contributed by atoms with Crippen LogP contribution in [-0.4, -0.2) is 25.9 Å². The van der Waals surface area contributed by atoms with E-state index in [1.807, 2.05) is 4.72 Å². The highest BCUT2D eigenvalue weighted by Gasteiger charge is 2.71. The third kappa shape index (κ3) is 3.67. The Morgan fingerprint density at radius 2 is 1.42 bits per heavy atom. The van der Waals surface area contributed by atoms with Crippen molar-refractivity contribution >= 4 is 27.0 Å². The van der Waals surface area contributed by atoms with Gasteiger partial charge in [-0.1, -0.05) is 12.1 Å². The Morgan fingerprint density at radius 1 is 0.923 bits per heavy atom. The predicted octanol–water partition coefficient (Wildman–Crippen LogP) is 4.17. The number of anilines is 1. The monoisotopic (exact) mass is 419 g/mol. The second-order valence-electron chi connectivity index (χ2n) is 5.25. The van der Waals surface area contributed by atoms with Crippen molar-refractivity contribution in [1.82, 2.24) is 0 Å². The number of sulfonamides is 1. The molecule has 2 N–H and O–H groups in total. The van der Waals surface area contributed by atoms with E-state index in [0.717, 1.165) is 11.3 Å². The molecule has 0 bridgehead atoms. The van der Waals surface area contributed by atoms with Crippen molar-refractivity contribution in [3.05, 3.63) is 46.8 Å². The third-order valence-corrected chi connectivity index (χ3v) is 6.23. The first kappa shape index (κ1) is 20.5. The van der Waals surface area contributed by atoms with E-state index in [0.29, 0.717) is 29.1 Å². The van der Waals surface area contributed by atoms with Gasteiger partial charge < -0.3 is 5.11 Å². The predicted molar refractivity (Wildman–Crippen MR) is 82.3 cm³/mol. The first-order chi connectivity index (χ1) is 11.7. The topological polar surface area (TPSA) is 66.4 Å². The van der Waals surface area contributed by atoms with E-state index in [9.17, 15) is 39.9 Å². The zero-order valence-corrected chi connectivity index (χ0v) is 14.4. The van der Waals surface area contributed by atoms with Gasteiger partial charge in [0.1, 0.15) is 4.21 Å². The number of rotatable bonds is 4. The molecule has 1 aromatic carbocycles. The molecule has 2 rings (SSSR count). The lowest BCUT2D eigenvalue weighted by Gasteiger charge is -2.32. The van der Waals surface area contributed by atoms with E-state index in [-0.39, 0.29) is 9.90 Å². The summed E-state index contributed by atoms with van der Waals surface area (Å²) in [4.78, 5) is 0.696. The fraction of sp³-hybridized carbons (Fsp3) is 0.286. The summed E-state index contributed by atoms with van der Waals surface area (Å²) in [5.41, 5.74) is -6.80. The minimum absolute atomic E-state index is 0.0684. The van der Waals surface area contributed by atoms with Crippen molar-refractivity contribution in [1.29, 1.82) is 0 Å². The van der Waals surface area contributed by atoms with Gasteiger partial charge in [-0.05, 0) is 31.2 Å². The second-order valence-corrected chi connectivity index (χ2v) is 8.45. The van der Waals surface area contributed by atoms with Crippen molar-refractivity contribution in [3.63, 3.8) is 0 Å². The van der Waals surface area contributed by atoms with Crippen LogP contribution in [-0.2, 0) is 15.6 Å². The van der Waals surface area contributed by atoms with E-state index >= 15 is 0 Å². The lowest BCUT2D eigenvalue weighted by Crippen LogP contribution is -2.53. The second kappa shape index (κ2) is 6.43. The van der Waals surface area contributed by atoms with E-state index in [2.05, 4.69) is 0 Å². The molecular formula is C14H11F6NO3S2. The maximum Gasteiger partial charge on any atom is 0.430 e. The zero-order valence-electron chi connectivity index (χ0n) is 12.8. The largest absolute Gasteiger partial charge is 0.430 e. The van der Waals surface area contributed by atoms with Crippen molar-refractivity contribution < 1.29 is 39.9 Å². The van der Waals surface area contributed by atoms with Crippen LogP contribution < -0.4 is 4.72 Å². The molecule has 0 aliphatic carbocycles. The molecule has 12 heteroatoms. The normalized spacial score (nSPS) is 13.7. The minimum atomic E-state index is -6.01. The van der Waals surface area contributed by atoms with Crippen molar-refractivity contribution in [2.45, 2.75) is 29.1 Å². The van der Waals surface area contributed by atoms with Crippen LogP contribution in [0, 0.1) is 6.92 Å². The molecule has 2 aromatic rings. The Balaban J connectivity index is 2.36. The Bertz CT molecular complexity index is 871. The maximum absolute atomic E-state index is 12.8. The van der Waals surface area contributed by atoms with Gasteiger partial charge in [-0.15, -0.1) is 11.3 Å². The number of halogens is 6. The van der Waals surface area contributed by atoms with E-state index < -0.39 is 33.5 Å². The fourth-order valence-electron chi connectivity index (χ4n) is 2.03. The number of aryl methyl sites for hydroxylation is 1. The molecule has 1 aromatic heterocycles. The molecule has 0 saturated carbocycles. The van der Waals surface area contributed by atoms with Gasteiger partial charge in [0.25, 0.3) is 15.6 Å². The summed E-state index contributed by atoms with van der Waals surface area (Å²) in [5, 5.41) is 9.27. The lowest BCUT2D eigenvalue weighted by molar-refractivity contribution is -0.376. The van der Waals surface area contributed by atoms with Crippen LogP contribution in [0.4, 0.5) is 32.0 Å². The molecule has 26 heavy (non-hydrogen) atoms. The molecule has 0 unspecified atom stereocenters. The zero-order chi connectivity index (χ0) is 20.0. The summed E-state index contributed by atoms with van der Waals surface area (Å²) in [7, 11) is -4.04. The van der Waals surface area contributed by atoms with Gasteiger partial charge in [-0.2, -0.15) is 26.3 Å². The smallest absolute Gasteiger partial charge is 0.369 e. The number of hydrogen-bond acceptors (Lipinski definition) is 4. The molecule has 0 amide bonds. The number of thiophene rings is 1. The summed E-state index contributed by atoms with van der Waals surface area (Å²) < 4.78 is 103. The first-order valence-electron chi connectivity index (χ1n) is 6.74. The molecule has 0 aliphatic rings.